The average molecular weight is 713 g/mol. The minimum absolute atomic E-state index is 0.0227. The van der Waals surface area contributed by atoms with Gasteiger partial charge in [-0.3, -0.25) is 9.59 Å². The third-order valence-corrected chi connectivity index (χ3v) is 10.3. The summed E-state index contributed by atoms with van der Waals surface area (Å²) in [5.41, 5.74) is 1.89. The van der Waals surface area contributed by atoms with Gasteiger partial charge in [-0.25, -0.2) is 26.3 Å². The number of carbonyl (C=O) groups excluding carboxylic acids is 2. The minimum Gasteiger partial charge on any atom is -0.377 e. The first-order chi connectivity index (χ1) is 23.0. The molecule has 16 heteroatoms. The van der Waals surface area contributed by atoms with Crippen LogP contribution < -0.4 is 9.44 Å². The SMILES string of the molecule is Cc1ccc(S(=O)(=O)NCCC(=O)N2CCOCCOCCN(C(=O)CCNS(=O)(=O)c3ccc(C)cc3)CCOCCOCC2)cc1. The van der Waals surface area contributed by atoms with E-state index >= 15 is 0 Å². The summed E-state index contributed by atoms with van der Waals surface area (Å²) in [6.07, 6.45) is -0.0453. The van der Waals surface area contributed by atoms with Crippen LogP contribution in [-0.4, -0.2) is 131 Å². The van der Waals surface area contributed by atoms with Crippen molar-refractivity contribution in [2.24, 2.45) is 0 Å². The van der Waals surface area contributed by atoms with Crippen molar-refractivity contribution in [2.45, 2.75) is 36.5 Å². The first kappa shape index (κ1) is 39.5. The van der Waals surface area contributed by atoms with E-state index in [0.717, 1.165) is 11.1 Å². The molecule has 2 aromatic carbocycles. The number of carbonyl (C=O) groups is 2. The Labute approximate surface area is 284 Å². The normalized spacial score (nSPS) is 17.0. The maximum Gasteiger partial charge on any atom is 0.240 e. The topological polar surface area (TPSA) is 170 Å². The van der Waals surface area contributed by atoms with Gasteiger partial charge in [0.05, 0.1) is 62.6 Å². The highest BCUT2D eigenvalue weighted by molar-refractivity contribution is 7.89. The van der Waals surface area contributed by atoms with E-state index in [4.69, 9.17) is 18.9 Å². The van der Waals surface area contributed by atoms with Crippen molar-refractivity contribution >= 4 is 31.9 Å². The molecule has 1 aliphatic heterocycles. The molecule has 48 heavy (non-hydrogen) atoms. The van der Waals surface area contributed by atoms with Gasteiger partial charge < -0.3 is 28.7 Å². The fourth-order valence-corrected chi connectivity index (χ4v) is 6.63. The van der Waals surface area contributed by atoms with Crippen molar-refractivity contribution in [1.82, 2.24) is 19.2 Å². The fourth-order valence-electron chi connectivity index (χ4n) is 4.57. The van der Waals surface area contributed by atoms with E-state index in [9.17, 15) is 26.4 Å². The fraction of sp³-hybridized carbons (Fsp3) is 0.562. The Morgan fingerprint density at radius 3 is 1.12 bits per heavy atom. The van der Waals surface area contributed by atoms with Gasteiger partial charge >= 0.3 is 0 Å². The summed E-state index contributed by atoms with van der Waals surface area (Å²) >= 11 is 0. The van der Waals surface area contributed by atoms with Crippen LogP contribution in [0.3, 0.4) is 0 Å². The smallest absolute Gasteiger partial charge is 0.240 e. The predicted molar refractivity (Wildman–Crippen MR) is 178 cm³/mol. The Kier molecular flexibility index (Phi) is 16.9. The van der Waals surface area contributed by atoms with E-state index in [0.29, 0.717) is 26.2 Å². The molecule has 3 rings (SSSR count). The third-order valence-electron chi connectivity index (χ3n) is 7.40. The van der Waals surface area contributed by atoms with Gasteiger partial charge in [0.15, 0.2) is 0 Å². The van der Waals surface area contributed by atoms with Crippen molar-refractivity contribution in [2.75, 3.05) is 92.1 Å². The van der Waals surface area contributed by atoms with Crippen LogP contribution in [0.4, 0.5) is 0 Å². The van der Waals surface area contributed by atoms with Crippen LogP contribution >= 0.6 is 0 Å². The zero-order valence-electron chi connectivity index (χ0n) is 27.7. The van der Waals surface area contributed by atoms with E-state index in [2.05, 4.69) is 9.44 Å². The van der Waals surface area contributed by atoms with Gasteiger partial charge in [0, 0.05) is 52.1 Å². The number of aryl methyl sites for hydroxylation is 2. The standard InChI is InChI=1S/C32H48N4O10S2/c1-27-3-7-29(8-4-27)47(39,40)33-13-11-31(37)35-15-19-43-23-25-45-21-17-36(18-22-46-26-24-44-20-16-35)32(38)12-14-34-48(41,42)30-9-5-28(2)6-10-30/h3-10,33-34H,11-26H2,1-2H3. The lowest BCUT2D eigenvalue weighted by atomic mass is 10.2. The van der Waals surface area contributed by atoms with Crippen LogP contribution in [0.2, 0.25) is 0 Å². The monoisotopic (exact) mass is 712 g/mol. The summed E-state index contributed by atoms with van der Waals surface area (Å²) in [5.74, 6) is -0.466. The number of hydrogen-bond donors (Lipinski definition) is 2. The summed E-state index contributed by atoms with van der Waals surface area (Å²) < 4.78 is 77.8. The molecule has 2 aromatic rings. The molecule has 0 aromatic heterocycles. The maximum absolute atomic E-state index is 12.9. The van der Waals surface area contributed by atoms with E-state index in [-0.39, 0.29) is 100 Å². The Hall–Kier alpha value is -2.96. The van der Waals surface area contributed by atoms with Crippen molar-refractivity contribution < 1.29 is 45.4 Å². The van der Waals surface area contributed by atoms with Crippen LogP contribution in [0, 0.1) is 13.8 Å². The molecule has 1 heterocycles. The number of nitrogens with zero attached hydrogens (tertiary/aromatic N) is 2. The molecule has 2 N–H and O–H groups in total. The molecule has 1 saturated heterocycles. The molecule has 1 fully saturated rings. The van der Waals surface area contributed by atoms with E-state index in [1.54, 1.807) is 34.1 Å². The van der Waals surface area contributed by atoms with Crippen molar-refractivity contribution in [3.05, 3.63) is 59.7 Å². The predicted octanol–water partition coefficient (Wildman–Crippen LogP) is 1.08. The highest BCUT2D eigenvalue weighted by Crippen LogP contribution is 2.11. The number of hydrogen-bond acceptors (Lipinski definition) is 10. The van der Waals surface area contributed by atoms with Crippen LogP contribution in [-0.2, 0) is 48.6 Å². The maximum atomic E-state index is 12.9. The van der Waals surface area contributed by atoms with Crippen molar-refractivity contribution in [3.8, 4) is 0 Å². The van der Waals surface area contributed by atoms with Gasteiger partial charge in [0.2, 0.25) is 31.9 Å². The number of rotatable bonds is 10. The Bertz CT molecular complexity index is 1350. The molecule has 0 saturated carbocycles. The van der Waals surface area contributed by atoms with Gasteiger partial charge in [0.1, 0.15) is 0 Å². The number of benzene rings is 2. The minimum atomic E-state index is -3.73. The van der Waals surface area contributed by atoms with E-state index in [1.807, 2.05) is 13.8 Å². The zero-order chi connectivity index (χ0) is 34.8. The molecule has 0 aliphatic carbocycles. The largest absolute Gasteiger partial charge is 0.377 e. The number of nitrogens with one attached hydrogen (secondary N) is 2. The first-order valence-corrected chi connectivity index (χ1v) is 18.9. The second-order valence-electron chi connectivity index (χ2n) is 11.1. The molecule has 268 valence electrons. The van der Waals surface area contributed by atoms with Crippen LogP contribution in [0.25, 0.3) is 0 Å². The highest BCUT2D eigenvalue weighted by Gasteiger charge is 2.19. The van der Waals surface area contributed by atoms with Crippen molar-refractivity contribution in [1.29, 1.82) is 0 Å². The molecule has 2 amide bonds. The second kappa shape index (κ2) is 20.5. The van der Waals surface area contributed by atoms with Gasteiger partial charge in [-0.15, -0.1) is 0 Å². The molecule has 0 spiro atoms. The van der Waals surface area contributed by atoms with Crippen molar-refractivity contribution in [3.63, 3.8) is 0 Å². The molecule has 0 radical (unpaired) electrons. The average Bonchev–Trinajstić information content (AvgIpc) is 3.04. The molecular weight excluding hydrogens is 665 g/mol. The lowest BCUT2D eigenvalue weighted by molar-refractivity contribution is -0.134. The number of ether oxygens (including phenoxy) is 4. The Morgan fingerprint density at radius 1 is 0.542 bits per heavy atom. The molecular formula is C32H48N4O10S2. The lowest BCUT2D eigenvalue weighted by Gasteiger charge is -2.24. The summed E-state index contributed by atoms with van der Waals surface area (Å²) in [4.78, 5) is 29.3. The third kappa shape index (κ3) is 14.3. The van der Waals surface area contributed by atoms with Crippen LogP contribution in [0.5, 0.6) is 0 Å². The van der Waals surface area contributed by atoms with Gasteiger partial charge in [-0.05, 0) is 38.1 Å². The summed E-state index contributed by atoms with van der Waals surface area (Å²) in [6, 6.07) is 12.9. The molecule has 0 bridgehead atoms. The van der Waals surface area contributed by atoms with E-state index in [1.165, 1.54) is 24.3 Å². The summed E-state index contributed by atoms with van der Waals surface area (Å²) in [5, 5.41) is 0. The summed E-state index contributed by atoms with van der Waals surface area (Å²) in [6.45, 7) is 6.88. The second-order valence-corrected chi connectivity index (χ2v) is 14.7. The molecule has 0 atom stereocenters. The molecule has 1 aliphatic rings. The zero-order valence-corrected chi connectivity index (χ0v) is 29.4. The quantitative estimate of drug-likeness (QED) is 0.364. The van der Waals surface area contributed by atoms with E-state index < -0.39 is 20.0 Å². The molecule has 0 unspecified atom stereocenters. The lowest BCUT2D eigenvalue weighted by Crippen LogP contribution is -2.39. The van der Waals surface area contributed by atoms with Crippen LogP contribution in [0.1, 0.15) is 24.0 Å². The molecule has 14 nitrogen and oxygen atoms in total. The Morgan fingerprint density at radius 2 is 0.833 bits per heavy atom. The van der Waals surface area contributed by atoms with Gasteiger partial charge in [-0.1, -0.05) is 35.4 Å². The highest BCUT2D eigenvalue weighted by atomic mass is 32.2. The van der Waals surface area contributed by atoms with Crippen LogP contribution in [0.15, 0.2) is 58.3 Å². The number of sulfonamides is 2. The van der Waals surface area contributed by atoms with Gasteiger partial charge in [-0.2, -0.15) is 0 Å². The summed E-state index contributed by atoms with van der Waals surface area (Å²) in [7, 11) is -7.46. The first-order valence-electron chi connectivity index (χ1n) is 16.0. The number of amides is 2. The Balaban J connectivity index is 1.41. The van der Waals surface area contributed by atoms with Gasteiger partial charge in [0.25, 0.3) is 0 Å².